The summed E-state index contributed by atoms with van der Waals surface area (Å²) in [5.74, 6) is 1.10. The summed E-state index contributed by atoms with van der Waals surface area (Å²) >= 11 is 0. The third-order valence-corrected chi connectivity index (χ3v) is 5.19. The van der Waals surface area contributed by atoms with Crippen LogP contribution in [0.25, 0.3) is 11.3 Å². The zero-order chi connectivity index (χ0) is 26.1. The highest BCUT2D eigenvalue weighted by Gasteiger charge is 2.28. The van der Waals surface area contributed by atoms with Crippen molar-refractivity contribution in [3.8, 4) is 17.0 Å². The molecular weight excluding hydrogens is 460 g/mol. The molecule has 1 aromatic carbocycles. The molecule has 2 N–H and O–H groups in total. The summed E-state index contributed by atoms with van der Waals surface area (Å²) < 4.78 is 15.9. The second-order valence-corrected chi connectivity index (χ2v) is 9.17. The van der Waals surface area contributed by atoms with Crippen LogP contribution < -0.4 is 15.4 Å². The van der Waals surface area contributed by atoms with Gasteiger partial charge in [-0.2, -0.15) is 4.90 Å². The molecule has 3 rings (SSSR count). The molecule has 9 heteroatoms. The first-order valence-corrected chi connectivity index (χ1v) is 11.6. The average molecular weight is 493 g/mol. The lowest BCUT2D eigenvalue weighted by atomic mass is 9.93. The van der Waals surface area contributed by atoms with Gasteiger partial charge in [-0.25, -0.2) is 14.6 Å². The first-order chi connectivity index (χ1) is 17.2. The summed E-state index contributed by atoms with van der Waals surface area (Å²) in [6, 6.07) is 16.0. The topological polar surface area (TPSA) is 117 Å². The van der Waals surface area contributed by atoms with Crippen molar-refractivity contribution in [2.45, 2.75) is 39.3 Å². The fourth-order valence-electron chi connectivity index (χ4n) is 3.71. The van der Waals surface area contributed by atoms with E-state index in [4.69, 9.17) is 19.9 Å². The second-order valence-electron chi connectivity index (χ2n) is 9.17. The van der Waals surface area contributed by atoms with Crippen molar-refractivity contribution in [1.82, 2.24) is 9.97 Å². The minimum Gasteiger partial charge on any atom is -0.490 e. The summed E-state index contributed by atoms with van der Waals surface area (Å²) in [6.45, 7) is 6.56. The van der Waals surface area contributed by atoms with Crippen molar-refractivity contribution >= 4 is 18.0 Å². The van der Waals surface area contributed by atoms with Crippen LogP contribution in [0.3, 0.4) is 0 Å². The van der Waals surface area contributed by atoms with E-state index in [1.807, 2.05) is 37.3 Å². The lowest BCUT2D eigenvalue weighted by Gasteiger charge is -2.26. The SMILES string of the molecule is COC(=O)N(C(=O)OCc1ccccc1)c1cc(-c2ccc(OCC(C)(N)CC(C)C)cn2)ccn1. The van der Waals surface area contributed by atoms with Gasteiger partial charge in [-0.3, -0.25) is 4.98 Å². The molecule has 190 valence electrons. The monoisotopic (exact) mass is 492 g/mol. The molecule has 1 unspecified atom stereocenters. The Morgan fingerprint density at radius 2 is 1.81 bits per heavy atom. The summed E-state index contributed by atoms with van der Waals surface area (Å²) in [5.41, 5.74) is 7.89. The van der Waals surface area contributed by atoms with Crippen molar-refractivity contribution in [1.29, 1.82) is 0 Å². The van der Waals surface area contributed by atoms with E-state index in [2.05, 4.69) is 23.8 Å². The van der Waals surface area contributed by atoms with E-state index >= 15 is 0 Å². The molecular formula is C27H32N4O5. The molecule has 0 fully saturated rings. The number of methoxy groups -OCH3 is 1. The molecule has 2 heterocycles. The number of carbonyl (C=O) groups excluding carboxylic acids is 2. The van der Waals surface area contributed by atoms with E-state index < -0.39 is 17.7 Å². The van der Waals surface area contributed by atoms with Crippen LogP contribution in [-0.2, 0) is 16.1 Å². The maximum absolute atomic E-state index is 12.8. The van der Waals surface area contributed by atoms with E-state index in [0.29, 0.717) is 29.5 Å². The van der Waals surface area contributed by atoms with Crippen LogP contribution in [0.4, 0.5) is 15.4 Å². The molecule has 0 aliphatic carbocycles. The Morgan fingerprint density at radius 3 is 2.44 bits per heavy atom. The average Bonchev–Trinajstić information content (AvgIpc) is 2.87. The van der Waals surface area contributed by atoms with Crippen LogP contribution in [0, 0.1) is 5.92 Å². The van der Waals surface area contributed by atoms with Gasteiger partial charge in [-0.05, 0) is 49.1 Å². The molecule has 2 amide bonds. The number of hydrogen-bond acceptors (Lipinski definition) is 8. The van der Waals surface area contributed by atoms with Crippen LogP contribution in [0.2, 0.25) is 0 Å². The van der Waals surface area contributed by atoms with Gasteiger partial charge in [0.05, 0.1) is 19.0 Å². The number of nitrogens with zero attached hydrogens (tertiary/aromatic N) is 3. The van der Waals surface area contributed by atoms with Gasteiger partial charge in [0, 0.05) is 17.3 Å². The Morgan fingerprint density at radius 1 is 1.06 bits per heavy atom. The zero-order valence-corrected chi connectivity index (χ0v) is 21.0. The number of carbonyl (C=O) groups is 2. The second kappa shape index (κ2) is 12.1. The molecule has 0 saturated carbocycles. The van der Waals surface area contributed by atoms with Gasteiger partial charge < -0.3 is 19.9 Å². The molecule has 9 nitrogen and oxygen atoms in total. The van der Waals surface area contributed by atoms with Crippen molar-refractivity contribution < 1.29 is 23.8 Å². The number of rotatable bonds is 9. The number of amides is 2. The van der Waals surface area contributed by atoms with E-state index in [1.54, 1.807) is 30.5 Å². The maximum Gasteiger partial charge on any atom is 0.425 e. The van der Waals surface area contributed by atoms with E-state index in [9.17, 15) is 9.59 Å². The maximum atomic E-state index is 12.8. The summed E-state index contributed by atoms with van der Waals surface area (Å²) in [4.78, 5) is 34.5. The quantitative estimate of drug-likeness (QED) is 0.433. The van der Waals surface area contributed by atoms with Gasteiger partial charge in [-0.15, -0.1) is 0 Å². The van der Waals surface area contributed by atoms with Crippen LogP contribution >= 0.6 is 0 Å². The van der Waals surface area contributed by atoms with Crippen LogP contribution in [0.5, 0.6) is 5.75 Å². The van der Waals surface area contributed by atoms with Gasteiger partial charge in [0.1, 0.15) is 24.8 Å². The molecule has 0 radical (unpaired) electrons. The number of nitrogens with two attached hydrogens (primary N) is 1. The van der Waals surface area contributed by atoms with E-state index in [0.717, 1.165) is 16.9 Å². The molecule has 3 aromatic rings. The molecule has 36 heavy (non-hydrogen) atoms. The number of imide groups is 1. The lowest BCUT2D eigenvalue weighted by Crippen LogP contribution is -2.43. The Labute approximate surface area is 211 Å². The standard InChI is InChI=1S/C27H32N4O5/c1-19(2)15-27(3,28)18-36-22-10-11-23(30-16-22)21-12-13-29-24(14-21)31(25(32)34-4)26(33)35-17-20-8-6-5-7-9-20/h5-14,16,19H,15,17-18,28H2,1-4H3. The number of anilines is 1. The van der Waals surface area contributed by atoms with Gasteiger partial charge in [0.25, 0.3) is 0 Å². The van der Waals surface area contributed by atoms with Crippen molar-refractivity contribution in [2.75, 3.05) is 18.6 Å². The third kappa shape index (κ3) is 7.51. The minimum absolute atomic E-state index is 0.00507. The Hall–Kier alpha value is -3.98. The Kier molecular flexibility index (Phi) is 8.97. The summed E-state index contributed by atoms with van der Waals surface area (Å²) in [7, 11) is 1.18. The fourth-order valence-corrected chi connectivity index (χ4v) is 3.71. The Bertz CT molecular complexity index is 1150. The number of ether oxygens (including phenoxy) is 3. The highest BCUT2D eigenvalue weighted by molar-refractivity contribution is 6.08. The van der Waals surface area contributed by atoms with Gasteiger partial charge in [0.15, 0.2) is 0 Å². The predicted octanol–water partition coefficient (Wildman–Crippen LogP) is 5.20. The molecule has 0 aliphatic rings. The molecule has 0 spiro atoms. The van der Waals surface area contributed by atoms with Gasteiger partial charge in [-0.1, -0.05) is 44.2 Å². The summed E-state index contributed by atoms with van der Waals surface area (Å²) in [6.07, 6.45) is 2.10. The largest absolute Gasteiger partial charge is 0.490 e. The zero-order valence-electron chi connectivity index (χ0n) is 21.0. The van der Waals surface area contributed by atoms with Gasteiger partial charge in [0.2, 0.25) is 0 Å². The van der Waals surface area contributed by atoms with Crippen LogP contribution in [-0.4, -0.2) is 41.4 Å². The van der Waals surface area contributed by atoms with Crippen molar-refractivity contribution in [3.05, 3.63) is 72.6 Å². The molecule has 0 saturated heterocycles. The first kappa shape index (κ1) is 26.6. The molecule has 0 aliphatic heterocycles. The minimum atomic E-state index is -0.916. The molecule has 1 atom stereocenters. The lowest BCUT2D eigenvalue weighted by molar-refractivity contribution is 0.138. The number of pyridine rings is 2. The highest BCUT2D eigenvalue weighted by Crippen LogP contribution is 2.25. The number of aromatic nitrogens is 2. The predicted molar refractivity (Wildman–Crippen MR) is 137 cm³/mol. The summed E-state index contributed by atoms with van der Waals surface area (Å²) in [5, 5.41) is 0. The smallest absolute Gasteiger partial charge is 0.425 e. The first-order valence-electron chi connectivity index (χ1n) is 11.6. The molecule has 2 aromatic heterocycles. The van der Waals surface area contributed by atoms with Crippen LogP contribution in [0.1, 0.15) is 32.8 Å². The fraction of sp³-hybridized carbons (Fsp3) is 0.333. The Balaban J connectivity index is 1.73. The van der Waals surface area contributed by atoms with Gasteiger partial charge >= 0.3 is 12.2 Å². The normalized spacial score (nSPS) is 12.5. The number of benzene rings is 1. The third-order valence-electron chi connectivity index (χ3n) is 5.19. The van der Waals surface area contributed by atoms with E-state index in [-0.39, 0.29) is 12.4 Å². The number of hydrogen-bond donors (Lipinski definition) is 1. The molecule has 0 bridgehead atoms. The van der Waals surface area contributed by atoms with E-state index in [1.165, 1.54) is 13.3 Å². The highest BCUT2D eigenvalue weighted by atomic mass is 16.6. The van der Waals surface area contributed by atoms with Crippen molar-refractivity contribution in [2.24, 2.45) is 11.7 Å². The van der Waals surface area contributed by atoms with Crippen molar-refractivity contribution in [3.63, 3.8) is 0 Å². The van der Waals surface area contributed by atoms with Crippen LogP contribution in [0.15, 0.2) is 67.0 Å².